The molecule has 1 rings (SSSR count). The molecule has 1 N–H and O–H groups in total. The molecule has 0 aliphatic carbocycles. The van der Waals surface area contributed by atoms with Crippen molar-refractivity contribution in [3.63, 3.8) is 0 Å². The molecule has 0 spiro atoms. The van der Waals surface area contributed by atoms with Gasteiger partial charge in [-0.1, -0.05) is 41.5 Å². The van der Waals surface area contributed by atoms with E-state index in [2.05, 4.69) is 51.8 Å². The Morgan fingerprint density at radius 1 is 1.22 bits per heavy atom. The molecule has 108 valence electrons. The van der Waals surface area contributed by atoms with Crippen LogP contribution in [-0.4, -0.2) is 37.6 Å². The fourth-order valence-corrected chi connectivity index (χ4v) is 2.85. The van der Waals surface area contributed by atoms with Gasteiger partial charge in [0, 0.05) is 19.6 Å². The molecule has 1 heterocycles. The van der Waals surface area contributed by atoms with Crippen LogP contribution < -0.4 is 5.32 Å². The first-order valence-electron chi connectivity index (χ1n) is 7.73. The van der Waals surface area contributed by atoms with E-state index in [1.54, 1.807) is 0 Å². The van der Waals surface area contributed by atoms with Gasteiger partial charge in [-0.05, 0) is 42.7 Å². The molecule has 1 aliphatic rings. The van der Waals surface area contributed by atoms with E-state index in [1.807, 2.05) is 0 Å². The minimum absolute atomic E-state index is 0.384. The molecule has 0 amide bonds. The highest BCUT2D eigenvalue weighted by molar-refractivity contribution is 4.81. The third-order valence-corrected chi connectivity index (χ3v) is 4.23. The van der Waals surface area contributed by atoms with Gasteiger partial charge in [-0.3, -0.25) is 0 Å². The number of likely N-dealkylation sites (tertiary alicyclic amines) is 1. The Hall–Kier alpha value is -0.0800. The molecule has 18 heavy (non-hydrogen) atoms. The fraction of sp³-hybridized carbons (Fsp3) is 1.00. The molecule has 0 aromatic carbocycles. The smallest absolute Gasteiger partial charge is 0.00449 e. The first-order chi connectivity index (χ1) is 8.30. The number of piperidine rings is 1. The molecule has 1 aliphatic heterocycles. The first-order valence-corrected chi connectivity index (χ1v) is 7.73. The molecular formula is C16H34N2. The highest BCUT2D eigenvalue weighted by Gasteiger charge is 2.27. The number of nitrogens with zero attached hydrogens (tertiary/aromatic N) is 1. The predicted octanol–water partition coefficient (Wildman–Crippen LogP) is 3.24. The predicted molar refractivity (Wildman–Crippen MR) is 80.9 cm³/mol. The lowest BCUT2D eigenvalue weighted by Gasteiger charge is -2.40. The molecule has 0 saturated carbocycles. The zero-order valence-corrected chi connectivity index (χ0v) is 13.4. The van der Waals surface area contributed by atoms with Gasteiger partial charge in [0.15, 0.2) is 0 Å². The molecule has 0 bridgehead atoms. The van der Waals surface area contributed by atoms with Crippen LogP contribution in [0.3, 0.4) is 0 Å². The lowest BCUT2D eigenvalue weighted by atomic mass is 9.86. The summed E-state index contributed by atoms with van der Waals surface area (Å²) in [6.45, 7) is 20.2. The van der Waals surface area contributed by atoms with Crippen molar-refractivity contribution in [2.75, 3.05) is 32.7 Å². The number of nitrogens with one attached hydrogen (secondary N) is 1. The molecule has 2 unspecified atom stereocenters. The Morgan fingerprint density at radius 2 is 1.89 bits per heavy atom. The summed E-state index contributed by atoms with van der Waals surface area (Å²) in [6.07, 6.45) is 1.37. The molecule has 0 aromatic heterocycles. The Labute approximate surface area is 115 Å². The van der Waals surface area contributed by atoms with Crippen LogP contribution in [0.2, 0.25) is 0 Å². The summed E-state index contributed by atoms with van der Waals surface area (Å²) in [5, 5.41) is 3.61. The highest BCUT2D eigenvalue weighted by atomic mass is 15.1. The van der Waals surface area contributed by atoms with Gasteiger partial charge in [-0.15, -0.1) is 0 Å². The molecule has 0 radical (unpaired) electrons. The number of hydrogen-bond donors (Lipinski definition) is 1. The van der Waals surface area contributed by atoms with Crippen LogP contribution in [0.5, 0.6) is 0 Å². The second kappa shape index (κ2) is 6.91. The number of hydrogen-bond acceptors (Lipinski definition) is 2. The molecule has 0 aromatic rings. The van der Waals surface area contributed by atoms with E-state index >= 15 is 0 Å². The third kappa shape index (κ3) is 5.71. The Balaban J connectivity index is 2.31. The third-order valence-electron chi connectivity index (χ3n) is 4.23. The summed E-state index contributed by atoms with van der Waals surface area (Å²) in [5.41, 5.74) is 0.384. The summed E-state index contributed by atoms with van der Waals surface area (Å²) >= 11 is 0. The zero-order valence-electron chi connectivity index (χ0n) is 13.4. The van der Waals surface area contributed by atoms with Gasteiger partial charge >= 0.3 is 0 Å². The maximum atomic E-state index is 3.61. The first kappa shape index (κ1) is 16.0. The fourth-order valence-electron chi connectivity index (χ4n) is 2.85. The van der Waals surface area contributed by atoms with Gasteiger partial charge in [-0.2, -0.15) is 0 Å². The number of rotatable bonds is 6. The van der Waals surface area contributed by atoms with Crippen molar-refractivity contribution in [3.05, 3.63) is 0 Å². The van der Waals surface area contributed by atoms with E-state index in [0.717, 1.165) is 30.8 Å². The van der Waals surface area contributed by atoms with Gasteiger partial charge in [0.2, 0.25) is 0 Å². The van der Waals surface area contributed by atoms with Crippen LogP contribution in [0.25, 0.3) is 0 Å². The molecular weight excluding hydrogens is 220 g/mol. The largest absolute Gasteiger partial charge is 0.316 e. The van der Waals surface area contributed by atoms with E-state index in [4.69, 9.17) is 0 Å². The van der Waals surface area contributed by atoms with Crippen LogP contribution >= 0.6 is 0 Å². The highest BCUT2D eigenvalue weighted by Crippen LogP contribution is 2.25. The van der Waals surface area contributed by atoms with E-state index < -0.39 is 0 Å². The Bertz CT molecular complexity index is 235. The average molecular weight is 254 g/mol. The topological polar surface area (TPSA) is 15.3 Å². The average Bonchev–Trinajstić information content (AvgIpc) is 2.22. The van der Waals surface area contributed by atoms with E-state index in [1.165, 1.54) is 26.1 Å². The normalized spacial score (nSPS) is 26.8. The van der Waals surface area contributed by atoms with Crippen molar-refractivity contribution in [2.24, 2.45) is 23.2 Å². The van der Waals surface area contributed by atoms with Crippen LogP contribution in [0.15, 0.2) is 0 Å². The lowest BCUT2D eigenvalue weighted by Crippen LogP contribution is -2.46. The molecule has 2 atom stereocenters. The lowest BCUT2D eigenvalue weighted by molar-refractivity contribution is 0.0957. The van der Waals surface area contributed by atoms with E-state index in [0.29, 0.717) is 5.41 Å². The summed E-state index contributed by atoms with van der Waals surface area (Å²) in [6, 6.07) is 0. The van der Waals surface area contributed by atoms with Gasteiger partial charge < -0.3 is 10.2 Å². The Kier molecular flexibility index (Phi) is 6.13. The van der Waals surface area contributed by atoms with Gasteiger partial charge in [0.1, 0.15) is 0 Å². The molecule has 1 fully saturated rings. The second-order valence-electron chi connectivity index (χ2n) is 7.67. The maximum Gasteiger partial charge on any atom is 0.00449 e. The summed E-state index contributed by atoms with van der Waals surface area (Å²) in [5.74, 6) is 2.51. The quantitative estimate of drug-likeness (QED) is 0.783. The van der Waals surface area contributed by atoms with Gasteiger partial charge in [0.05, 0.1) is 0 Å². The van der Waals surface area contributed by atoms with Crippen LogP contribution in [0, 0.1) is 23.2 Å². The van der Waals surface area contributed by atoms with E-state index in [-0.39, 0.29) is 0 Å². The van der Waals surface area contributed by atoms with Gasteiger partial charge in [0.25, 0.3) is 0 Å². The van der Waals surface area contributed by atoms with Crippen molar-refractivity contribution in [1.29, 1.82) is 0 Å². The second-order valence-corrected chi connectivity index (χ2v) is 7.67. The van der Waals surface area contributed by atoms with Crippen LogP contribution in [-0.2, 0) is 0 Å². The van der Waals surface area contributed by atoms with Crippen molar-refractivity contribution < 1.29 is 0 Å². The zero-order chi connectivity index (χ0) is 13.8. The SMILES string of the molecule is CC(C)CNCC(C)(C)CN1CCC(C)C(C)C1. The van der Waals surface area contributed by atoms with E-state index in [9.17, 15) is 0 Å². The minimum Gasteiger partial charge on any atom is -0.316 e. The van der Waals surface area contributed by atoms with Crippen LogP contribution in [0.4, 0.5) is 0 Å². The summed E-state index contributed by atoms with van der Waals surface area (Å²) < 4.78 is 0. The van der Waals surface area contributed by atoms with Crippen molar-refractivity contribution in [3.8, 4) is 0 Å². The monoisotopic (exact) mass is 254 g/mol. The Morgan fingerprint density at radius 3 is 2.44 bits per heavy atom. The summed E-state index contributed by atoms with van der Waals surface area (Å²) in [7, 11) is 0. The minimum atomic E-state index is 0.384. The van der Waals surface area contributed by atoms with Crippen molar-refractivity contribution in [2.45, 2.75) is 48.0 Å². The summed E-state index contributed by atoms with van der Waals surface area (Å²) in [4.78, 5) is 2.67. The van der Waals surface area contributed by atoms with Crippen molar-refractivity contribution >= 4 is 0 Å². The molecule has 2 nitrogen and oxygen atoms in total. The van der Waals surface area contributed by atoms with Crippen molar-refractivity contribution in [1.82, 2.24) is 10.2 Å². The molecule has 1 saturated heterocycles. The molecule has 2 heteroatoms. The van der Waals surface area contributed by atoms with Crippen LogP contribution in [0.1, 0.15) is 48.0 Å². The van der Waals surface area contributed by atoms with Gasteiger partial charge in [-0.25, -0.2) is 0 Å². The standard InChI is InChI=1S/C16H34N2/c1-13(2)9-17-11-16(5,6)12-18-8-7-14(3)15(4)10-18/h13-15,17H,7-12H2,1-6H3. The maximum absolute atomic E-state index is 3.61.